The second kappa shape index (κ2) is 15.4. The van der Waals surface area contributed by atoms with Gasteiger partial charge in [-0.3, -0.25) is 24.0 Å². The van der Waals surface area contributed by atoms with Gasteiger partial charge in [-0.15, -0.1) is 0 Å². The van der Waals surface area contributed by atoms with Crippen LogP contribution in [0.1, 0.15) is 99.8 Å². The van der Waals surface area contributed by atoms with Gasteiger partial charge in [0.2, 0.25) is 23.5 Å². The molecule has 2 saturated heterocycles. The summed E-state index contributed by atoms with van der Waals surface area (Å²) < 4.78 is 0. The van der Waals surface area contributed by atoms with Crippen molar-refractivity contribution in [2.45, 2.75) is 124 Å². The minimum Gasteiger partial charge on any atom is -0.363 e. The van der Waals surface area contributed by atoms with Gasteiger partial charge in [0.25, 0.3) is 5.91 Å². The van der Waals surface area contributed by atoms with Crippen LogP contribution >= 0.6 is 0 Å². The fraction of sp³-hybridized carbons (Fsp3) is 0.818. The van der Waals surface area contributed by atoms with Crippen LogP contribution in [-0.4, -0.2) is 89.0 Å². The number of nitrogens with one attached hydrogen (secondary N) is 3. The van der Waals surface area contributed by atoms with Crippen LogP contribution < -0.4 is 21.7 Å². The van der Waals surface area contributed by atoms with E-state index in [1.165, 1.54) is 4.90 Å². The minimum atomic E-state index is -1.09. The Labute approximate surface area is 268 Å². The van der Waals surface area contributed by atoms with Gasteiger partial charge in [0.15, 0.2) is 0 Å². The smallest absolute Gasteiger partial charge is 0.315 e. The summed E-state index contributed by atoms with van der Waals surface area (Å²) in [5, 5.41) is 8.68. The molecule has 0 spiro atoms. The molecule has 0 aromatic carbocycles. The highest BCUT2D eigenvalue weighted by Crippen LogP contribution is 2.34. The minimum absolute atomic E-state index is 0.0451. The van der Waals surface area contributed by atoms with Crippen LogP contribution in [0.4, 0.5) is 4.79 Å². The molecule has 254 valence electrons. The van der Waals surface area contributed by atoms with Crippen molar-refractivity contribution in [2.24, 2.45) is 34.8 Å². The number of hydrogen-bond acceptors (Lipinski definition) is 6. The highest BCUT2D eigenvalue weighted by molar-refractivity contribution is 6.37. The molecule has 45 heavy (non-hydrogen) atoms. The molecule has 3 aliphatic rings. The molecule has 0 bridgehead atoms. The maximum absolute atomic E-state index is 14.3. The second-order valence-electron chi connectivity index (χ2n) is 15.1. The van der Waals surface area contributed by atoms with Crippen molar-refractivity contribution in [1.82, 2.24) is 25.8 Å². The van der Waals surface area contributed by atoms with E-state index in [1.54, 1.807) is 4.90 Å². The van der Waals surface area contributed by atoms with Crippen LogP contribution in [0.3, 0.4) is 0 Å². The molecule has 3 rings (SSSR count). The molecule has 5 atom stereocenters. The zero-order valence-electron chi connectivity index (χ0n) is 28.3. The number of primary amides is 1. The molecule has 0 aromatic rings. The number of nitrogens with two attached hydrogens (primary N) is 1. The summed E-state index contributed by atoms with van der Waals surface area (Å²) in [6.07, 6.45) is 6.14. The third kappa shape index (κ3) is 9.42. The Kier molecular flexibility index (Phi) is 12.4. The first-order chi connectivity index (χ1) is 21.0. The average molecular weight is 633 g/mol. The number of likely N-dealkylation sites (tertiary alicyclic amines) is 2. The summed E-state index contributed by atoms with van der Waals surface area (Å²) in [6.45, 7) is 14.9. The Balaban J connectivity index is 1.79. The van der Waals surface area contributed by atoms with Gasteiger partial charge in [-0.25, -0.2) is 4.79 Å². The number of Topliss-reactive ketones (excluding diaryl/α,β-unsaturated/α-hetero) is 1. The van der Waals surface area contributed by atoms with E-state index in [2.05, 4.69) is 16.0 Å². The molecule has 1 saturated carbocycles. The zero-order valence-corrected chi connectivity index (χ0v) is 28.3. The Hall–Kier alpha value is -3.18. The first kappa shape index (κ1) is 36.3. The van der Waals surface area contributed by atoms with Crippen molar-refractivity contribution in [3.05, 3.63) is 0 Å². The molecule has 1 aliphatic carbocycles. The maximum atomic E-state index is 14.3. The molecule has 2 aliphatic heterocycles. The fourth-order valence-corrected chi connectivity index (χ4v) is 6.69. The third-order valence-electron chi connectivity index (χ3n) is 9.87. The van der Waals surface area contributed by atoms with E-state index < -0.39 is 47.2 Å². The van der Waals surface area contributed by atoms with Crippen LogP contribution in [0, 0.1) is 29.1 Å². The zero-order chi connectivity index (χ0) is 33.6. The summed E-state index contributed by atoms with van der Waals surface area (Å²) >= 11 is 0. The van der Waals surface area contributed by atoms with Gasteiger partial charge in [0.1, 0.15) is 12.1 Å². The number of nitrogens with zero attached hydrogens (tertiary/aromatic N) is 2. The largest absolute Gasteiger partial charge is 0.363 e. The Morgan fingerprint density at radius 2 is 1.58 bits per heavy atom. The van der Waals surface area contributed by atoms with Crippen LogP contribution in [0.2, 0.25) is 0 Å². The molecule has 5 N–H and O–H groups in total. The van der Waals surface area contributed by atoms with Gasteiger partial charge in [0, 0.05) is 26.1 Å². The Bertz CT molecular complexity index is 1110. The predicted molar refractivity (Wildman–Crippen MR) is 171 cm³/mol. The average Bonchev–Trinajstić information content (AvgIpc) is 3.38. The number of urea groups is 1. The van der Waals surface area contributed by atoms with E-state index in [-0.39, 0.29) is 41.5 Å². The predicted octanol–water partition coefficient (Wildman–Crippen LogP) is 2.34. The van der Waals surface area contributed by atoms with Crippen molar-refractivity contribution in [2.75, 3.05) is 19.6 Å². The van der Waals surface area contributed by atoms with Crippen LogP contribution in [0.15, 0.2) is 0 Å². The summed E-state index contributed by atoms with van der Waals surface area (Å²) in [7, 11) is 0. The van der Waals surface area contributed by atoms with Gasteiger partial charge in [0.05, 0.1) is 12.1 Å². The van der Waals surface area contributed by atoms with Gasteiger partial charge >= 0.3 is 6.03 Å². The number of carbonyl (C=O) groups is 6. The van der Waals surface area contributed by atoms with Crippen molar-refractivity contribution in [3.63, 3.8) is 0 Å². The number of amides is 6. The number of hydrogen-bond donors (Lipinski definition) is 4. The molecule has 0 radical (unpaired) electrons. The molecule has 12 nitrogen and oxygen atoms in total. The molecule has 12 heteroatoms. The summed E-state index contributed by atoms with van der Waals surface area (Å²) in [4.78, 5) is 81.8. The molecule has 3 fully saturated rings. The normalized spacial score (nSPS) is 22.9. The third-order valence-corrected chi connectivity index (χ3v) is 9.87. The van der Waals surface area contributed by atoms with Crippen molar-refractivity contribution < 1.29 is 28.8 Å². The van der Waals surface area contributed by atoms with Crippen LogP contribution in [0.25, 0.3) is 0 Å². The monoisotopic (exact) mass is 632 g/mol. The standard InChI is InChI=1S/C33H56N6O6/c1-19(2)22-14-16-39(26(22)30(43)35-23(27(41)29(34)42)17-21-11-10-12-21)31(44)28(33(5,6)7)37-32(45)36-24(20(3)4)18-38-15-9-8-13-25(38)40/h19-24,26,28H,8-18H2,1-7H3,(H2,34,42)(H,35,43)(H2,36,37,45). The second-order valence-corrected chi connectivity index (χ2v) is 15.1. The molecular weight excluding hydrogens is 576 g/mol. The van der Waals surface area contributed by atoms with Gasteiger partial charge in [-0.05, 0) is 54.8 Å². The summed E-state index contributed by atoms with van der Waals surface area (Å²) in [5.74, 6) is -2.54. The molecule has 6 amide bonds. The quantitative estimate of drug-likeness (QED) is 0.227. The number of rotatable bonds is 13. The fourth-order valence-electron chi connectivity index (χ4n) is 6.69. The van der Waals surface area contributed by atoms with Crippen molar-refractivity contribution in [1.29, 1.82) is 0 Å². The van der Waals surface area contributed by atoms with Gasteiger partial charge < -0.3 is 31.5 Å². The highest BCUT2D eigenvalue weighted by atomic mass is 16.2. The SMILES string of the molecule is CC(C)C(CN1CCCCC1=O)NC(=O)NC(C(=O)N1CCC(C(C)C)C1C(=O)NC(CC1CCC1)C(=O)C(N)=O)C(C)(C)C. The van der Waals surface area contributed by atoms with E-state index in [4.69, 9.17) is 5.73 Å². The van der Waals surface area contributed by atoms with Crippen LogP contribution in [0.5, 0.6) is 0 Å². The Morgan fingerprint density at radius 3 is 2.09 bits per heavy atom. The van der Waals surface area contributed by atoms with E-state index in [1.807, 2.05) is 48.5 Å². The van der Waals surface area contributed by atoms with Crippen molar-refractivity contribution >= 4 is 35.4 Å². The van der Waals surface area contributed by atoms with Crippen LogP contribution in [-0.2, 0) is 24.0 Å². The molecule has 0 aromatic heterocycles. The first-order valence-electron chi connectivity index (χ1n) is 16.8. The topological polar surface area (TPSA) is 171 Å². The summed E-state index contributed by atoms with van der Waals surface area (Å²) in [5.41, 5.74) is 4.63. The first-order valence-corrected chi connectivity index (χ1v) is 16.8. The number of piperidine rings is 1. The summed E-state index contributed by atoms with van der Waals surface area (Å²) in [6, 6.07) is -3.69. The molecule has 2 heterocycles. The van der Waals surface area contributed by atoms with E-state index in [9.17, 15) is 28.8 Å². The lowest BCUT2D eigenvalue weighted by Crippen LogP contribution is -2.62. The van der Waals surface area contributed by atoms with E-state index in [0.717, 1.165) is 32.1 Å². The Morgan fingerprint density at radius 1 is 0.911 bits per heavy atom. The van der Waals surface area contributed by atoms with E-state index >= 15 is 0 Å². The van der Waals surface area contributed by atoms with Gasteiger partial charge in [-0.1, -0.05) is 67.7 Å². The number of ketones is 1. The lowest BCUT2D eigenvalue weighted by molar-refractivity contribution is -0.144. The lowest BCUT2D eigenvalue weighted by Gasteiger charge is -2.38. The van der Waals surface area contributed by atoms with E-state index in [0.29, 0.717) is 38.9 Å². The molecule has 5 unspecified atom stereocenters. The lowest BCUT2D eigenvalue weighted by atomic mass is 9.80. The maximum Gasteiger partial charge on any atom is 0.315 e. The number of carbonyl (C=O) groups excluding carboxylic acids is 6. The highest BCUT2D eigenvalue weighted by Gasteiger charge is 2.48. The van der Waals surface area contributed by atoms with Gasteiger partial charge in [-0.2, -0.15) is 0 Å². The molecular formula is C33H56N6O6. The van der Waals surface area contributed by atoms with Crippen molar-refractivity contribution in [3.8, 4) is 0 Å².